The lowest BCUT2D eigenvalue weighted by Gasteiger charge is -2.36. The minimum Gasteiger partial charge on any atom is -0.506 e. The first-order valence-electron chi connectivity index (χ1n) is 9.76. The smallest absolute Gasteiger partial charge is 0.259 e. The highest BCUT2D eigenvalue weighted by Crippen LogP contribution is 2.44. The molecule has 2 aromatic carbocycles. The molecule has 32 heavy (non-hydrogen) atoms. The predicted octanol–water partition coefficient (Wildman–Crippen LogP) is 4.59. The summed E-state index contributed by atoms with van der Waals surface area (Å²) in [5.41, 5.74) is 6.93. The molecule has 3 aromatic rings. The number of carbonyl (C=O) groups is 2. The van der Waals surface area contributed by atoms with Gasteiger partial charge in [-0.3, -0.25) is 14.6 Å². The van der Waals surface area contributed by atoms with Crippen molar-refractivity contribution in [2.24, 2.45) is 5.73 Å². The van der Waals surface area contributed by atoms with Gasteiger partial charge in [-0.05, 0) is 54.3 Å². The van der Waals surface area contributed by atoms with E-state index in [1.165, 1.54) is 41.6 Å². The van der Waals surface area contributed by atoms with Crippen molar-refractivity contribution in [2.75, 3.05) is 0 Å². The van der Waals surface area contributed by atoms with Crippen LogP contribution in [0.1, 0.15) is 45.6 Å². The fourth-order valence-electron chi connectivity index (χ4n) is 4.18. The SMILES string of the molecule is NC(=O)C(c1cccnc1)N(C(=O)c1cccc(Cl)c1O)[C@@H]1CCc2c(F)cc(Cl)cc21. The van der Waals surface area contributed by atoms with Crippen molar-refractivity contribution in [2.45, 2.75) is 24.9 Å². The predicted molar refractivity (Wildman–Crippen MR) is 118 cm³/mol. The number of halogens is 3. The molecule has 0 spiro atoms. The van der Waals surface area contributed by atoms with Crippen LogP contribution < -0.4 is 5.73 Å². The van der Waals surface area contributed by atoms with Crippen LogP contribution in [0.15, 0.2) is 54.9 Å². The second-order valence-electron chi connectivity index (χ2n) is 7.45. The molecule has 0 bridgehead atoms. The number of aromatic hydroxyl groups is 1. The van der Waals surface area contributed by atoms with Gasteiger partial charge in [0.05, 0.1) is 16.6 Å². The maximum atomic E-state index is 14.6. The molecule has 6 nitrogen and oxygen atoms in total. The van der Waals surface area contributed by atoms with E-state index in [1.54, 1.807) is 18.2 Å². The fraction of sp³-hybridized carbons (Fsp3) is 0.174. The maximum Gasteiger partial charge on any atom is 0.259 e. The molecule has 2 amide bonds. The number of carbonyl (C=O) groups excluding carboxylic acids is 2. The van der Waals surface area contributed by atoms with E-state index in [1.807, 2.05) is 0 Å². The monoisotopic (exact) mass is 473 g/mol. The van der Waals surface area contributed by atoms with Crippen LogP contribution in [0, 0.1) is 5.82 Å². The number of phenolic OH excluding ortho intramolecular Hbond substituents is 1. The number of aromatic nitrogens is 1. The Balaban J connectivity index is 1.91. The third-order valence-electron chi connectivity index (χ3n) is 5.56. The Bertz CT molecular complexity index is 1210. The molecular formula is C23H18Cl2FN3O3. The first-order valence-corrected chi connectivity index (χ1v) is 10.5. The first-order chi connectivity index (χ1) is 15.3. The lowest BCUT2D eigenvalue weighted by Crippen LogP contribution is -2.43. The number of pyridine rings is 1. The number of fused-ring (bicyclic) bond motifs is 1. The zero-order chi connectivity index (χ0) is 23.0. The van der Waals surface area contributed by atoms with E-state index in [0.29, 0.717) is 29.5 Å². The average molecular weight is 474 g/mol. The van der Waals surface area contributed by atoms with Crippen molar-refractivity contribution >= 4 is 35.0 Å². The van der Waals surface area contributed by atoms with E-state index >= 15 is 0 Å². The molecule has 1 aliphatic carbocycles. The molecular weight excluding hydrogens is 456 g/mol. The largest absolute Gasteiger partial charge is 0.506 e. The van der Waals surface area contributed by atoms with Crippen molar-refractivity contribution in [1.29, 1.82) is 0 Å². The number of hydrogen-bond donors (Lipinski definition) is 2. The summed E-state index contributed by atoms with van der Waals surface area (Å²) in [6, 6.07) is 8.42. The lowest BCUT2D eigenvalue weighted by molar-refractivity contribution is -0.123. The van der Waals surface area contributed by atoms with Crippen LogP contribution in [-0.4, -0.2) is 26.8 Å². The highest BCUT2D eigenvalue weighted by Gasteiger charge is 2.41. The van der Waals surface area contributed by atoms with Gasteiger partial charge < -0.3 is 15.7 Å². The summed E-state index contributed by atoms with van der Waals surface area (Å²) >= 11 is 12.1. The minimum absolute atomic E-state index is 0.0197. The van der Waals surface area contributed by atoms with Crippen LogP contribution in [0.4, 0.5) is 4.39 Å². The van der Waals surface area contributed by atoms with E-state index in [9.17, 15) is 19.1 Å². The zero-order valence-electron chi connectivity index (χ0n) is 16.6. The average Bonchev–Trinajstić information content (AvgIpc) is 3.17. The van der Waals surface area contributed by atoms with Crippen LogP contribution in [0.5, 0.6) is 5.75 Å². The minimum atomic E-state index is -1.23. The summed E-state index contributed by atoms with van der Waals surface area (Å²) in [6.07, 6.45) is 3.63. The molecule has 2 atom stereocenters. The number of benzene rings is 2. The topological polar surface area (TPSA) is 96.5 Å². The van der Waals surface area contributed by atoms with Gasteiger partial charge in [-0.15, -0.1) is 0 Å². The van der Waals surface area contributed by atoms with E-state index in [4.69, 9.17) is 28.9 Å². The van der Waals surface area contributed by atoms with Gasteiger partial charge in [0.25, 0.3) is 5.91 Å². The fourth-order valence-corrected chi connectivity index (χ4v) is 4.56. The molecule has 4 rings (SSSR count). The van der Waals surface area contributed by atoms with Crippen molar-refractivity contribution in [3.8, 4) is 5.75 Å². The van der Waals surface area contributed by atoms with Crippen LogP contribution >= 0.6 is 23.2 Å². The molecule has 3 N–H and O–H groups in total. The van der Waals surface area contributed by atoms with Crippen molar-refractivity contribution in [3.05, 3.63) is 93.0 Å². The van der Waals surface area contributed by atoms with E-state index in [-0.39, 0.29) is 15.6 Å². The Morgan fingerprint density at radius 1 is 1.22 bits per heavy atom. The van der Waals surface area contributed by atoms with Gasteiger partial charge in [0, 0.05) is 23.0 Å². The number of primary amides is 1. The zero-order valence-corrected chi connectivity index (χ0v) is 18.1. The van der Waals surface area contributed by atoms with Crippen molar-refractivity contribution < 1.29 is 19.1 Å². The molecule has 0 radical (unpaired) electrons. The van der Waals surface area contributed by atoms with E-state index in [0.717, 1.165) is 0 Å². The highest BCUT2D eigenvalue weighted by molar-refractivity contribution is 6.32. The van der Waals surface area contributed by atoms with E-state index < -0.39 is 35.5 Å². The summed E-state index contributed by atoms with van der Waals surface area (Å²) in [4.78, 5) is 31.7. The Kier molecular flexibility index (Phi) is 6.04. The molecule has 0 fully saturated rings. The van der Waals surface area contributed by atoms with Crippen LogP contribution in [0.3, 0.4) is 0 Å². The molecule has 1 heterocycles. The van der Waals surface area contributed by atoms with Gasteiger partial charge in [0.1, 0.15) is 17.6 Å². The second kappa shape index (κ2) is 8.76. The number of para-hydroxylation sites is 1. The number of phenols is 1. The second-order valence-corrected chi connectivity index (χ2v) is 8.29. The highest BCUT2D eigenvalue weighted by atomic mass is 35.5. The number of amides is 2. The summed E-state index contributed by atoms with van der Waals surface area (Å²) < 4.78 is 14.6. The summed E-state index contributed by atoms with van der Waals surface area (Å²) in [5.74, 6) is -2.39. The Morgan fingerprint density at radius 2 is 2.00 bits per heavy atom. The van der Waals surface area contributed by atoms with Gasteiger partial charge >= 0.3 is 0 Å². The van der Waals surface area contributed by atoms with Crippen LogP contribution in [-0.2, 0) is 11.2 Å². The third kappa shape index (κ3) is 3.89. The summed E-state index contributed by atoms with van der Waals surface area (Å²) in [7, 11) is 0. The van der Waals surface area contributed by atoms with Gasteiger partial charge in [0.2, 0.25) is 5.91 Å². The van der Waals surface area contributed by atoms with E-state index in [2.05, 4.69) is 4.98 Å². The molecule has 1 aliphatic rings. The molecule has 0 aliphatic heterocycles. The van der Waals surface area contributed by atoms with Crippen LogP contribution in [0.25, 0.3) is 0 Å². The molecule has 0 saturated heterocycles. The maximum absolute atomic E-state index is 14.6. The van der Waals surface area contributed by atoms with Crippen molar-refractivity contribution in [3.63, 3.8) is 0 Å². The summed E-state index contributed by atoms with van der Waals surface area (Å²) in [5, 5.41) is 10.6. The number of nitrogens with zero attached hydrogens (tertiary/aromatic N) is 2. The molecule has 164 valence electrons. The third-order valence-corrected chi connectivity index (χ3v) is 6.08. The standard InChI is InChI=1S/C23H18Cl2FN3O3/c24-13-9-16-14(18(26)10-13)6-7-19(16)29(20(22(27)31)12-3-2-8-28-11-12)23(32)15-4-1-5-17(25)21(15)30/h1-5,8-11,19-20,30H,6-7H2,(H2,27,31)/t19-,20?/m1/s1. The summed E-state index contributed by atoms with van der Waals surface area (Å²) in [6.45, 7) is 0. The quantitative estimate of drug-likeness (QED) is 0.566. The van der Waals surface area contributed by atoms with Gasteiger partial charge in [-0.1, -0.05) is 35.3 Å². The van der Waals surface area contributed by atoms with Crippen molar-refractivity contribution in [1.82, 2.24) is 9.88 Å². The number of hydrogen-bond acceptors (Lipinski definition) is 4. The molecule has 9 heteroatoms. The Morgan fingerprint density at radius 3 is 2.69 bits per heavy atom. The van der Waals surface area contributed by atoms with Gasteiger partial charge in [-0.25, -0.2) is 4.39 Å². The van der Waals surface area contributed by atoms with Crippen LogP contribution in [0.2, 0.25) is 10.0 Å². The molecule has 1 unspecified atom stereocenters. The van der Waals surface area contributed by atoms with Gasteiger partial charge in [-0.2, -0.15) is 0 Å². The number of rotatable bonds is 5. The van der Waals surface area contributed by atoms with Gasteiger partial charge in [0.15, 0.2) is 0 Å². The Labute approximate surface area is 193 Å². The molecule has 1 aromatic heterocycles. The normalized spacial score (nSPS) is 15.8. The first kappa shape index (κ1) is 22.0. The Hall–Kier alpha value is -3.16. The number of nitrogens with two attached hydrogens (primary N) is 1. The molecule has 0 saturated carbocycles. The lowest BCUT2D eigenvalue weighted by atomic mass is 9.98.